The van der Waals surface area contributed by atoms with Gasteiger partial charge in [0.1, 0.15) is 5.82 Å². The Labute approximate surface area is 136 Å². The summed E-state index contributed by atoms with van der Waals surface area (Å²) in [6.07, 6.45) is 8.18. The number of rotatable bonds is 5. The van der Waals surface area contributed by atoms with Gasteiger partial charge in [-0.2, -0.15) is 0 Å². The van der Waals surface area contributed by atoms with Crippen molar-refractivity contribution in [1.82, 2.24) is 4.90 Å². The zero-order valence-electron chi connectivity index (χ0n) is 13.6. The molecule has 0 spiro atoms. The third-order valence-corrected chi connectivity index (χ3v) is 5.29. The van der Waals surface area contributed by atoms with Gasteiger partial charge in [0.25, 0.3) is 0 Å². The van der Waals surface area contributed by atoms with Crippen LogP contribution >= 0.6 is 0 Å². The summed E-state index contributed by atoms with van der Waals surface area (Å²) in [4.78, 5) is 4.28. The van der Waals surface area contributed by atoms with Crippen molar-refractivity contribution in [2.75, 3.05) is 37.6 Å². The van der Waals surface area contributed by atoms with Gasteiger partial charge in [0.15, 0.2) is 11.6 Å². The Bertz CT molecular complexity index is 524. The molecular weight excluding hydrogens is 298 g/mol. The van der Waals surface area contributed by atoms with Gasteiger partial charge in [0.05, 0.1) is 5.69 Å². The monoisotopic (exact) mass is 324 g/mol. The topological polar surface area (TPSA) is 26.7 Å². The molecule has 1 aliphatic heterocycles. The minimum absolute atomic E-state index is 0.255. The summed E-state index contributed by atoms with van der Waals surface area (Å²) in [5.41, 5.74) is 0.255. The van der Waals surface area contributed by atoms with Crippen LogP contribution in [0, 0.1) is 17.6 Å². The minimum atomic E-state index is -0.764. The van der Waals surface area contributed by atoms with E-state index in [0.29, 0.717) is 13.1 Å². The number of halogens is 2. The molecule has 0 radical (unpaired) electrons. The van der Waals surface area contributed by atoms with Crippen LogP contribution in [0.25, 0.3) is 0 Å². The normalized spacial score (nSPS) is 20.3. The van der Waals surface area contributed by atoms with Crippen LogP contribution in [-0.2, 0) is 0 Å². The van der Waals surface area contributed by atoms with E-state index in [1.54, 1.807) is 0 Å². The van der Waals surface area contributed by atoms with Gasteiger partial charge in [-0.3, -0.25) is 4.90 Å². The van der Waals surface area contributed by atoms with Crippen LogP contribution in [0.15, 0.2) is 12.1 Å². The lowest BCUT2D eigenvalue weighted by Gasteiger charge is -2.36. The van der Waals surface area contributed by atoms with Crippen molar-refractivity contribution >= 4 is 5.69 Å². The molecule has 2 fully saturated rings. The van der Waals surface area contributed by atoms with Crippen LogP contribution in [0.5, 0.6) is 5.75 Å². The van der Waals surface area contributed by atoms with Gasteiger partial charge in [-0.25, -0.2) is 8.78 Å². The highest BCUT2D eigenvalue weighted by Gasteiger charge is 2.21. The molecule has 0 amide bonds. The molecule has 1 aliphatic carbocycles. The second kappa shape index (κ2) is 7.47. The number of phenols is 1. The van der Waals surface area contributed by atoms with Crippen LogP contribution in [0.4, 0.5) is 14.5 Å². The molecule has 1 saturated heterocycles. The Morgan fingerprint density at radius 3 is 2.39 bits per heavy atom. The molecule has 0 atom stereocenters. The van der Waals surface area contributed by atoms with Crippen LogP contribution in [0.2, 0.25) is 0 Å². The number of hydrogen-bond donors (Lipinski definition) is 1. The van der Waals surface area contributed by atoms with E-state index in [9.17, 15) is 13.9 Å². The second-order valence-corrected chi connectivity index (χ2v) is 6.88. The molecule has 2 aliphatic rings. The number of hydrogen-bond acceptors (Lipinski definition) is 3. The fraction of sp³-hybridized carbons (Fsp3) is 0.667. The SMILES string of the molecule is Oc1cc(F)c(N2CCN(CCCC3CCCC3)CC2)cc1F. The average Bonchev–Trinajstić information content (AvgIpc) is 3.05. The molecular formula is C18H26F2N2O. The minimum Gasteiger partial charge on any atom is -0.505 e. The highest BCUT2D eigenvalue weighted by molar-refractivity contribution is 5.51. The summed E-state index contributed by atoms with van der Waals surface area (Å²) < 4.78 is 27.4. The molecule has 1 saturated carbocycles. The van der Waals surface area contributed by atoms with Crippen molar-refractivity contribution in [2.24, 2.45) is 5.92 Å². The van der Waals surface area contributed by atoms with Gasteiger partial charge in [0.2, 0.25) is 0 Å². The molecule has 1 heterocycles. The first-order chi connectivity index (χ1) is 11.1. The summed E-state index contributed by atoms with van der Waals surface area (Å²) in [5.74, 6) is -1.01. The fourth-order valence-corrected chi connectivity index (χ4v) is 3.88. The zero-order valence-corrected chi connectivity index (χ0v) is 13.6. The number of benzene rings is 1. The number of nitrogens with zero attached hydrogens (tertiary/aromatic N) is 2. The van der Waals surface area contributed by atoms with E-state index in [4.69, 9.17) is 0 Å². The van der Waals surface area contributed by atoms with Gasteiger partial charge in [-0.15, -0.1) is 0 Å². The summed E-state index contributed by atoms with van der Waals surface area (Å²) in [6.45, 7) is 4.27. The third-order valence-electron chi connectivity index (χ3n) is 5.29. The van der Waals surface area contributed by atoms with Gasteiger partial charge < -0.3 is 10.0 Å². The van der Waals surface area contributed by atoms with Crippen molar-refractivity contribution in [1.29, 1.82) is 0 Å². The first-order valence-corrected chi connectivity index (χ1v) is 8.79. The van der Waals surface area contributed by atoms with Gasteiger partial charge in [-0.05, 0) is 25.3 Å². The van der Waals surface area contributed by atoms with E-state index in [-0.39, 0.29) is 5.69 Å². The lowest BCUT2D eigenvalue weighted by atomic mass is 10.0. The van der Waals surface area contributed by atoms with E-state index in [1.165, 1.54) is 38.5 Å². The summed E-state index contributed by atoms with van der Waals surface area (Å²) in [6, 6.07) is 1.96. The largest absolute Gasteiger partial charge is 0.505 e. The Hall–Kier alpha value is -1.36. The van der Waals surface area contributed by atoms with Crippen LogP contribution < -0.4 is 4.90 Å². The quantitative estimate of drug-likeness (QED) is 0.893. The van der Waals surface area contributed by atoms with E-state index in [1.807, 2.05) is 4.90 Å². The van der Waals surface area contributed by atoms with Crippen LogP contribution in [0.3, 0.4) is 0 Å². The van der Waals surface area contributed by atoms with Crippen molar-refractivity contribution < 1.29 is 13.9 Å². The van der Waals surface area contributed by atoms with E-state index >= 15 is 0 Å². The van der Waals surface area contributed by atoms with Crippen molar-refractivity contribution in [3.63, 3.8) is 0 Å². The maximum absolute atomic E-state index is 13.9. The Kier molecular flexibility index (Phi) is 5.36. The van der Waals surface area contributed by atoms with Crippen LogP contribution in [-0.4, -0.2) is 42.7 Å². The maximum Gasteiger partial charge on any atom is 0.167 e. The maximum atomic E-state index is 13.9. The number of anilines is 1. The molecule has 0 aromatic heterocycles. The molecule has 0 bridgehead atoms. The summed E-state index contributed by atoms with van der Waals surface area (Å²) >= 11 is 0. The summed E-state index contributed by atoms with van der Waals surface area (Å²) in [7, 11) is 0. The standard InChI is InChI=1S/C18H26F2N2O/c19-15-13-18(23)16(20)12-17(15)22-10-8-21(9-11-22)7-3-6-14-4-1-2-5-14/h12-14,23H,1-11H2. The van der Waals surface area contributed by atoms with Crippen molar-refractivity contribution in [3.05, 3.63) is 23.8 Å². The molecule has 1 aromatic carbocycles. The predicted octanol–water partition coefficient (Wildman–Crippen LogP) is 3.76. The van der Waals surface area contributed by atoms with Crippen molar-refractivity contribution in [3.8, 4) is 5.75 Å². The average molecular weight is 324 g/mol. The number of aromatic hydroxyl groups is 1. The first-order valence-electron chi connectivity index (χ1n) is 8.79. The first kappa shape index (κ1) is 16.5. The Balaban J connectivity index is 1.45. The predicted molar refractivity (Wildman–Crippen MR) is 87.9 cm³/mol. The smallest absolute Gasteiger partial charge is 0.167 e. The molecule has 3 rings (SSSR count). The van der Waals surface area contributed by atoms with E-state index < -0.39 is 17.4 Å². The molecule has 1 N–H and O–H groups in total. The van der Waals surface area contributed by atoms with E-state index in [2.05, 4.69) is 4.90 Å². The third kappa shape index (κ3) is 4.14. The molecule has 1 aromatic rings. The van der Waals surface area contributed by atoms with Gasteiger partial charge >= 0.3 is 0 Å². The summed E-state index contributed by atoms with van der Waals surface area (Å²) in [5, 5.41) is 9.21. The van der Waals surface area contributed by atoms with Gasteiger partial charge in [-0.1, -0.05) is 25.7 Å². The zero-order chi connectivity index (χ0) is 16.2. The Morgan fingerprint density at radius 2 is 1.70 bits per heavy atom. The molecule has 3 nitrogen and oxygen atoms in total. The molecule has 23 heavy (non-hydrogen) atoms. The molecule has 0 unspecified atom stereocenters. The molecule has 5 heteroatoms. The Morgan fingerprint density at radius 1 is 1.00 bits per heavy atom. The fourth-order valence-electron chi connectivity index (χ4n) is 3.88. The highest BCUT2D eigenvalue weighted by Crippen LogP contribution is 2.29. The number of phenolic OH excluding ortho intramolecular Hbond substituents is 1. The van der Waals surface area contributed by atoms with Gasteiger partial charge in [0, 0.05) is 38.3 Å². The highest BCUT2D eigenvalue weighted by atomic mass is 19.1. The lowest BCUT2D eigenvalue weighted by molar-refractivity contribution is 0.246. The van der Waals surface area contributed by atoms with Crippen molar-refractivity contribution in [2.45, 2.75) is 38.5 Å². The lowest BCUT2D eigenvalue weighted by Crippen LogP contribution is -2.47. The van der Waals surface area contributed by atoms with Crippen LogP contribution in [0.1, 0.15) is 38.5 Å². The second-order valence-electron chi connectivity index (χ2n) is 6.88. The number of piperazine rings is 1. The molecule has 128 valence electrons. The van der Waals surface area contributed by atoms with E-state index in [0.717, 1.165) is 37.7 Å².